The molecular formula is C12H11BrN2O3. The van der Waals surface area contributed by atoms with Crippen molar-refractivity contribution in [2.45, 2.75) is 6.61 Å². The van der Waals surface area contributed by atoms with E-state index < -0.39 is 5.91 Å². The van der Waals surface area contributed by atoms with E-state index >= 15 is 0 Å². The minimum atomic E-state index is -0.479. The van der Waals surface area contributed by atoms with Crippen LogP contribution in [0.2, 0.25) is 0 Å². The SMILES string of the molecule is NNC(=O)c1occc1COc1cccc(Br)c1. The average Bonchev–Trinajstić information content (AvgIpc) is 2.84. The number of ether oxygens (including phenoxy) is 1. The van der Waals surface area contributed by atoms with E-state index in [1.165, 1.54) is 6.26 Å². The van der Waals surface area contributed by atoms with Gasteiger partial charge in [0.25, 0.3) is 0 Å². The number of halogens is 1. The van der Waals surface area contributed by atoms with Crippen LogP contribution in [-0.4, -0.2) is 5.91 Å². The summed E-state index contributed by atoms with van der Waals surface area (Å²) < 4.78 is 11.5. The van der Waals surface area contributed by atoms with E-state index in [9.17, 15) is 4.79 Å². The molecule has 0 saturated heterocycles. The van der Waals surface area contributed by atoms with Crippen LogP contribution in [0.1, 0.15) is 16.1 Å². The quantitative estimate of drug-likeness (QED) is 0.516. The van der Waals surface area contributed by atoms with Crippen LogP contribution >= 0.6 is 15.9 Å². The van der Waals surface area contributed by atoms with Gasteiger partial charge in [0.05, 0.1) is 6.26 Å². The van der Waals surface area contributed by atoms with Crippen LogP contribution in [0.5, 0.6) is 5.75 Å². The number of nitrogen functional groups attached to an aromatic ring is 1. The topological polar surface area (TPSA) is 77.5 Å². The number of furan rings is 1. The van der Waals surface area contributed by atoms with Crippen molar-refractivity contribution in [2.24, 2.45) is 5.84 Å². The molecule has 94 valence electrons. The molecule has 0 aliphatic rings. The summed E-state index contributed by atoms with van der Waals surface area (Å²) in [5.74, 6) is 5.43. The Morgan fingerprint density at radius 2 is 2.28 bits per heavy atom. The molecule has 2 aromatic rings. The van der Waals surface area contributed by atoms with E-state index in [-0.39, 0.29) is 12.4 Å². The molecule has 0 aliphatic carbocycles. The average molecular weight is 311 g/mol. The second-order valence-electron chi connectivity index (χ2n) is 3.49. The Bertz CT molecular complexity index is 554. The van der Waals surface area contributed by atoms with Gasteiger partial charge in [-0.25, -0.2) is 5.84 Å². The van der Waals surface area contributed by atoms with E-state index in [1.54, 1.807) is 6.07 Å². The van der Waals surface area contributed by atoms with Gasteiger partial charge in [-0.15, -0.1) is 0 Å². The first-order valence-electron chi connectivity index (χ1n) is 5.16. The summed E-state index contributed by atoms with van der Waals surface area (Å²) in [6, 6.07) is 9.10. The Balaban J connectivity index is 2.07. The van der Waals surface area contributed by atoms with Gasteiger partial charge in [-0.1, -0.05) is 22.0 Å². The number of amides is 1. The number of nitrogens with two attached hydrogens (primary N) is 1. The fraction of sp³-hybridized carbons (Fsp3) is 0.0833. The smallest absolute Gasteiger partial charge is 0.301 e. The van der Waals surface area contributed by atoms with E-state index in [0.717, 1.165) is 4.47 Å². The molecule has 0 aliphatic heterocycles. The zero-order valence-corrected chi connectivity index (χ0v) is 10.9. The molecule has 3 N–H and O–H groups in total. The van der Waals surface area contributed by atoms with Crippen molar-refractivity contribution in [1.82, 2.24) is 5.43 Å². The Morgan fingerprint density at radius 1 is 1.44 bits per heavy atom. The van der Waals surface area contributed by atoms with E-state index in [2.05, 4.69) is 15.9 Å². The highest BCUT2D eigenvalue weighted by Crippen LogP contribution is 2.20. The Hall–Kier alpha value is -1.79. The first-order chi connectivity index (χ1) is 8.70. The highest BCUT2D eigenvalue weighted by molar-refractivity contribution is 9.10. The normalized spacial score (nSPS) is 10.1. The van der Waals surface area contributed by atoms with Gasteiger partial charge in [0.1, 0.15) is 12.4 Å². The summed E-state index contributed by atoms with van der Waals surface area (Å²) >= 11 is 3.35. The van der Waals surface area contributed by atoms with Crippen molar-refractivity contribution in [3.63, 3.8) is 0 Å². The summed E-state index contributed by atoms with van der Waals surface area (Å²) in [6.45, 7) is 0.232. The summed E-state index contributed by atoms with van der Waals surface area (Å²) in [5, 5.41) is 0. The fourth-order valence-corrected chi connectivity index (χ4v) is 1.81. The molecule has 1 aromatic carbocycles. The predicted molar refractivity (Wildman–Crippen MR) is 68.8 cm³/mol. The summed E-state index contributed by atoms with van der Waals surface area (Å²) in [7, 11) is 0. The molecular weight excluding hydrogens is 300 g/mol. The number of carbonyl (C=O) groups is 1. The number of carbonyl (C=O) groups excluding carboxylic acids is 1. The predicted octanol–water partition coefficient (Wildman–Crippen LogP) is 2.22. The van der Waals surface area contributed by atoms with Crippen molar-refractivity contribution >= 4 is 21.8 Å². The molecule has 0 spiro atoms. The largest absolute Gasteiger partial charge is 0.489 e. The maximum Gasteiger partial charge on any atom is 0.301 e. The molecule has 0 fully saturated rings. The van der Waals surface area contributed by atoms with Crippen molar-refractivity contribution < 1.29 is 13.9 Å². The maximum absolute atomic E-state index is 11.4. The van der Waals surface area contributed by atoms with Crippen molar-refractivity contribution in [2.75, 3.05) is 0 Å². The Labute approximate surface area is 112 Å². The molecule has 0 radical (unpaired) electrons. The van der Waals surface area contributed by atoms with Crippen LogP contribution in [0.15, 0.2) is 45.5 Å². The number of hydrazine groups is 1. The number of nitrogens with one attached hydrogen (secondary N) is 1. The standard InChI is InChI=1S/C12H11BrN2O3/c13-9-2-1-3-10(6-9)18-7-8-4-5-17-11(8)12(16)15-14/h1-6H,7,14H2,(H,15,16). The lowest BCUT2D eigenvalue weighted by Crippen LogP contribution is -2.30. The molecule has 1 aromatic heterocycles. The first kappa shape index (κ1) is 12.7. The van der Waals surface area contributed by atoms with Crippen LogP contribution in [0.3, 0.4) is 0 Å². The van der Waals surface area contributed by atoms with Gasteiger partial charge in [-0.05, 0) is 24.3 Å². The van der Waals surface area contributed by atoms with Crippen LogP contribution in [-0.2, 0) is 6.61 Å². The lowest BCUT2D eigenvalue weighted by Gasteiger charge is -2.06. The molecule has 0 bridgehead atoms. The van der Waals surface area contributed by atoms with Gasteiger partial charge < -0.3 is 9.15 Å². The van der Waals surface area contributed by atoms with Crippen molar-refractivity contribution in [3.05, 3.63) is 52.4 Å². The van der Waals surface area contributed by atoms with Gasteiger partial charge in [-0.2, -0.15) is 0 Å². The third-order valence-corrected chi connectivity index (χ3v) is 2.77. The van der Waals surface area contributed by atoms with Gasteiger partial charge in [-0.3, -0.25) is 10.2 Å². The molecule has 1 heterocycles. The van der Waals surface area contributed by atoms with Crippen molar-refractivity contribution in [1.29, 1.82) is 0 Å². The number of rotatable bonds is 4. The monoisotopic (exact) mass is 310 g/mol. The van der Waals surface area contributed by atoms with Crippen LogP contribution < -0.4 is 16.0 Å². The third-order valence-electron chi connectivity index (χ3n) is 2.27. The molecule has 2 rings (SSSR count). The minimum Gasteiger partial charge on any atom is -0.489 e. The molecule has 0 atom stereocenters. The molecule has 0 saturated carbocycles. The molecule has 6 heteroatoms. The number of hydrogen-bond acceptors (Lipinski definition) is 4. The van der Waals surface area contributed by atoms with Gasteiger partial charge in [0, 0.05) is 10.0 Å². The van der Waals surface area contributed by atoms with Gasteiger partial charge in [0.15, 0.2) is 5.76 Å². The third kappa shape index (κ3) is 2.91. The van der Waals surface area contributed by atoms with Crippen LogP contribution in [0, 0.1) is 0 Å². The van der Waals surface area contributed by atoms with E-state index in [4.69, 9.17) is 15.0 Å². The second-order valence-corrected chi connectivity index (χ2v) is 4.41. The summed E-state index contributed by atoms with van der Waals surface area (Å²) in [4.78, 5) is 11.4. The zero-order valence-electron chi connectivity index (χ0n) is 9.35. The van der Waals surface area contributed by atoms with Crippen LogP contribution in [0.4, 0.5) is 0 Å². The lowest BCUT2D eigenvalue weighted by atomic mass is 10.2. The minimum absolute atomic E-state index is 0.160. The molecule has 5 nitrogen and oxygen atoms in total. The Morgan fingerprint density at radius 3 is 3.00 bits per heavy atom. The summed E-state index contributed by atoms with van der Waals surface area (Å²) in [6.07, 6.45) is 1.42. The molecule has 1 amide bonds. The zero-order chi connectivity index (χ0) is 13.0. The van der Waals surface area contributed by atoms with E-state index in [0.29, 0.717) is 11.3 Å². The maximum atomic E-state index is 11.4. The number of benzene rings is 1. The number of hydrogen-bond donors (Lipinski definition) is 2. The van der Waals surface area contributed by atoms with Gasteiger partial charge in [0.2, 0.25) is 0 Å². The van der Waals surface area contributed by atoms with Crippen molar-refractivity contribution in [3.8, 4) is 5.75 Å². The molecule has 0 unspecified atom stereocenters. The fourth-order valence-electron chi connectivity index (χ4n) is 1.43. The highest BCUT2D eigenvalue weighted by atomic mass is 79.9. The van der Waals surface area contributed by atoms with E-state index in [1.807, 2.05) is 29.7 Å². The Kier molecular flexibility index (Phi) is 4.01. The summed E-state index contributed by atoms with van der Waals surface area (Å²) in [5.41, 5.74) is 2.66. The lowest BCUT2D eigenvalue weighted by molar-refractivity contribution is 0.0922. The second kappa shape index (κ2) is 5.70. The first-order valence-corrected chi connectivity index (χ1v) is 5.95. The van der Waals surface area contributed by atoms with Gasteiger partial charge >= 0.3 is 5.91 Å². The highest BCUT2D eigenvalue weighted by Gasteiger charge is 2.14. The molecule has 18 heavy (non-hydrogen) atoms. The van der Waals surface area contributed by atoms with Crippen LogP contribution in [0.25, 0.3) is 0 Å².